The SMILES string of the molecule is Nc1ccc(N2C=CC(N)CC2)cc1. The van der Waals surface area contributed by atoms with Crippen LogP contribution < -0.4 is 16.4 Å². The maximum absolute atomic E-state index is 5.77. The molecule has 1 aliphatic rings. The molecular weight excluding hydrogens is 174 g/mol. The fourth-order valence-electron chi connectivity index (χ4n) is 1.55. The highest BCUT2D eigenvalue weighted by atomic mass is 15.1. The van der Waals surface area contributed by atoms with Gasteiger partial charge in [0.1, 0.15) is 0 Å². The fourth-order valence-corrected chi connectivity index (χ4v) is 1.55. The summed E-state index contributed by atoms with van der Waals surface area (Å²) in [7, 11) is 0. The molecule has 1 aliphatic heterocycles. The van der Waals surface area contributed by atoms with Crippen molar-refractivity contribution in [3.8, 4) is 0 Å². The second kappa shape index (κ2) is 3.72. The van der Waals surface area contributed by atoms with Gasteiger partial charge >= 0.3 is 0 Å². The summed E-state index contributed by atoms with van der Waals surface area (Å²) in [6, 6.07) is 8.09. The van der Waals surface area contributed by atoms with Gasteiger partial charge in [0, 0.05) is 30.2 Å². The van der Waals surface area contributed by atoms with Gasteiger partial charge in [-0.1, -0.05) is 6.08 Å². The molecule has 1 unspecified atom stereocenters. The Morgan fingerprint density at radius 1 is 1.21 bits per heavy atom. The van der Waals surface area contributed by atoms with Crippen LogP contribution in [-0.4, -0.2) is 12.6 Å². The summed E-state index contributed by atoms with van der Waals surface area (Å²) in [4.78, 5) is 2.18. The van der Waals surface area contributed by atoms with Crippen LogP contribution in [0.3, 0.4) is 0 Å². The Labute approximate surface area is 84.0 Å². The van der Waals surface area contributed by atoms with Crippen LogP contribution in [0.2, 0.25) is 0 Å². The smallest absolute Gasteiger partial charge is 0.0407 e. The van der Waals surface area contributed by atoms with Gasteiger partial charge in [0.25, 0.3) is 0 Å². The second-order valence-corrected chi connectivity index (χ2v) is 3.58. The molecular formula is C11H15N3. The quantitative estimate of drug-likeness (QED) is 0.655. The largest absolute Gasteiger partial charge is 0.399 e. The minimum atomic E-state index is 0.208. The molecule has 2 rings (SSSR count). The number of benzene rings is 1. The van der Waals surface area contributed by atoms with E-state index in [1.54, 1.807) is 0 Å². The van der Waals surface area contributed by atoms with Crippen LogP contribution in [0, 0.1) is 0 Å². The molecule has 1 heterocycles. The molecule has 0 spiro atoms. The van der Waals surface area contributed by atoms with Gasteiger partial charge < -0.3 is 16.4 Å². The summed E-state index contributed by atoms with van der Waals surface area (Å²) in [5.41, 5.74) is 13.4. The number of nitrogens with two attached hydrogens (primary N) is 2. The Bertz CT molecular complexity index is 329. The Hall–Kier alpha value is -1.48. The normalized spacial score (nSPS) is 21.2. The molecule has 74 valence electrons. The standard InChI is InChI=1S/C11H15N3/c12-9-1-3-11(4-2-9)14-7-5-10(13)6-8-14/h1-5,7,10H,6,8,12-13H2. The van der Waals surface area contributed by atoms with Crippen LogP contribution >= 0.6 is 0 Å². The van der Waals surface area contributed by atoms with E-state index in [0.717, 1.165) is 18.7 Å². The zero-order valence-corrected chi connectivity index (χ0v) is 8.06. The number of anilines is 2. The maximum atomic E-state index is 5.77. The van der Waals surface area contributed by atoms with E-state index in [9.17, 15) is 0 Å². The molecule has 0 radical (unpaired) electrons. The minimum Gasteiger partial charge on any atom is -0.399 e. The molecule has 1 aromatic carbocycles. The monoisotopic (exact) mass is 189 g/mol. The van der Waals surface area contributed by atoms with Gasteiger partial charge in [-0.2, -0.15) is 0 Å². The molecule has 3 nitrogen and oxygen atoms in total. The first-order valence-electron chi connectivity index (χ1n) is 4.82. The van der Waals surface area contributed by atoms with E-state index in [1.165, 1.54) is 5.69 Å². The predicted molar refractivity (Wildman–Crippen MR) is 59.9 cm³/mol. The zero-order chi connectivity index (χ0) is 9.97. The van der Waals surface area contributed by atoms with Crippen molar-refractivity contribution in [2.45, 2.75) is 12.5 Å². The Balaban J connectivity index is 2.16. The highest BCUT2D eigenvalue weighted by molar-refractivity contribution is 5.55. The third-order valence-corrected chi connectivity index (χ3v) is 2.44. The first-order chi connectivity index (χ1) is 6.75. The van der Waals surface area contributed by atoms with Crippen LogP contribution in [-0.2, 0) is 0 Å². The van der Waals surface area contributed by atoms with Gasteiger partial charge in [-0.3, -0.25) is 0 Å². The molecule has 0 aliphatic carbocycles. The average Bonchev–Trinajstić information content (AvgIpc) is 2.21. The maximum Gasteiger partial charge on any atom is 0.0407 e. The molecule has 4 N–H and O–H groups in total. The summed E-state index contributed by atoms with van der Waals surface area (Å²) in [5.74, 6) is 0. The zero-order valence-electron chi connectivity index (χ0n) is 8.06. The first kappa shape index (κ1) is 9.09. The van der Waals surface area contributed by atoms with Crippen LogP contribution in [0.15, 0.2) is 36.5 Å². The summed E-state index contributed by atoms with van der Waals surface area (Å²) in [5, 5.41) is 0. The third-order valence-electron chi connectivity index (χ3n) is 2.44. The molecule has 0 aromatic heterocycles. The van der Waals surface area contributed by atoms with Crippen LogP contribution in [0.5, 0.6) is 0 Å². The minimum absolute atomic E-state index is 0.208. The Kier molecular flexibility index (Phi) is 2.41. The van der Waals surface area contributed by atoms with Crippen LogP contribution in [0.4, 0.5) is 11.4 Å². The number of hydrogen-bond acceptors (Lipinski definition) is 3. The lowest BCUT2D eigenvalue weighted by Crippen LogP contribution is -2.31. The molecule has 3 heteroatoms. The van der Waals surface area contributed by atoms with Crippen molar-refractivity contribution in [1.82, 2.24) is 0 Å². The number of nitrogens with zero attached hydrogens (tertiary/aromatic N) is 1. The van der Waals surface area contributed by atoms with Crippen LogP contribution in [0.25, 0.3) is 0 Å². The molecule has 0 saturated heterocycles. The summed E-state index contributed by atoms with van der Waals surface area (Å²) in [6.07, 6.45) is 5.07. The van der Waals surface area contributed by atoms with Gasteiger partial charge in [0.05, 0.1) is 0 Å². The molecule has 0 amide bonds. The van der Waals surface area contributed by atoms with Crippen molar-refractivity contribution in [2.75, 3.05) is 17.2 Å². The number of nitrogen functional groups attached to an aromatic ring is 1. The molecule has 0 fully saturated rings. The summed E-state index contributed by atoms with van der Waals surface area (Å²) in [6.45, 7) is 0.974. The van der Waals surface area contributed by atoms with Gasteiger partial charge in [0.15, 0.2) is 0 Å². The molecule has 0 saturated carbocycles. The molecule has 1 aromatic rings. The van der Waals surface area contributed by atoms with E-state index in [4.69, 9.17) is 11.5 Å². The van der Waals surface area contributed by atoms with Crippen molar-refractivity contribution < 1.29 is 0 Å². The van der Waals surface area contributed by atoms with Crippen molar-refractivity contribution in [3.05, 3.63) is 36.5 Å². The summed E-state index contributed by atoms with van der Waals surface area (Å²) < 4.78 is 0. The van der Waals surface area contributed by atoms with Crippen molar-refractivity contribution in [3.63, 3.8) is 0 Å². The summed E-state index contributed by atoms with van der Waals surface area (Å²) >= 11 is 0. The average molecular weight is 189 g/mol. The fraction of sp³-hybridized carbons (Fsp3) is 0.273. The predicted octanol–water partition coefficient (Wildman–Crippen LogP) is 1.32. The second-order valence-electron chi connectivity index (χ2n) is 3.58. The van der Waals surface area contributed by atoms with Gasteiger partial charge in [-0.25, -0.2) is 0 Å². The lowest BCUT2D eigenvalue weighted by atomic mass is 10.1. The Morgan fingerprint density at radius 3 is 2.50 bits per heavy atom. The van der Waals surface area contributed by atoms with Crippen molar-refractivity contribution >= 4 is 11.4 Å². The topological polar surface area (TPSA) is 55.3 Å². The van der Waals surface area contributed by atoms with Gasteiger partial charge in [-0.15, -0.1) is 0 Å². The highest BCUT2D eigenvalue weighted by Gasteiger charge is 2.10. The molecule has 1 atom stereocenters. The highest BCUT2D eigenvalue weighted by Crippen LogP contribution is 2.19. The lowest BCUT2D eigenvalue weighted by molar-refractivity contribution is 0.687. The number of rotatable bonds is 1. The van der Waals surface area contributed by atoms with Gasteiger partial charge in [-0.05, 0) is 30.7 Å². The van der Waals surface area contributed by atoms with Crippen molar-refractivity contribution in [2.24, 2.45) is 5.73 Å². The van der Waals surface area contributed by atoms with E-state index < -0.39 is 0 Å². The molecule has 0 bridgehead atoms. The van der Waals surface area contributed by atoms with Crippen LogP contribution in [0.1, 0.15) is 6.42 Å². The van der Waals surface area contributed by atoms with Gasteiger partial charge in [0.2, 0.25) is 0 Å². The molecule has 14 heavy (non-hydrogen) atoms. The third kappa shape index (κ3) is 1.88. The van der Waals surface area contributed by atoms with E-state index in [1.807, 2.05) is 36.5 Å². The van der Waals surface area contributed by atoms with E-state index in [-0.39, 0.29) is 6.04 Å². The van der Waals surface area contributed by atoms with E-state index in [2.05, 4.69) is 4.90 Å². The lowest BCUT2D eigenvalue weighted by Gasteiger charge is -2.26. The van der Waals surface area contributed by atoms with Crippen molar-refractivity contribution in [1.29, 1.82) is 0 Å². The Morgan fingerprint density at radius 2 is 1.93 bits per heavy atom. The number of hydrogen-bond donors (Lipinski definition) is 2. The first-order valence-corrected chi connectivity index (χ1v) is 4.82. The van der Waals surface area contributed by atoms with E-state index >= 15 is 0 Å². The van der Waals surface area contributed by atoms with E-state index in [0.29, 0.717) is 0 Å².